The van der Waals surface area contributed by atoms with Crippen LogP contribution in [-0.2, 0) is 19.6 Å². The molecule has 0 saturated heterocycles. The van der Waals surface area contributed by atoms with Crippen LogP contribution in [0.4, 0.5) is 11.5 Å². The summed E-state index contributed by atoms with van der Waals surface area (Å²) in [4.78, 5) is 22.0. The van der Waals surface area contributed by atoms with E-state index in [0.29, 0.717) is 6.61 Å². The van der Waals surface area contributed by atoms with Gasteiger partial charge in [-0.1, -0.05) is 29.8 Å². The Hall–Kier alpha value is -4.39. The second kappa shape index (κ2) is 8.62. The van der Waals surface area contributed by atoms with E-state index >= 15 is 0 Å². The lowest BCUT2D eigenvalue weighted by Gasteiger charge is -2.23. The lowest BCUT2D eigenvalue weighted by Crippen LogP contribution is -2.27. The van der Waals surface area contributed by atoms with Gasteiger partial charge in [0.2, 0.25) is 0 Å². The van der Waals surface area contributed by atoms with Gasteiger partial charge in [-0.3, -0.25) is 0 Å². The summed E-state index contributed by atoms with van der Waals surface area (Å²) >= 11 is 0. The van der Waals surface area contributed by atoms with Crippen LogP contribution in [0.2, 0.25) is 0 Å². The summed E-state index contributed by atoms with van der Waals surface area (Å²) in [5.41, 5.74) is 10.3. The molecule has 0 unspecified atom stereocenters. The van der Waals surface area contributed by atoms with Crippen LogP contribution >= 0.6 is 0 Å². The zero-order valence-corrected chi connectivity index (χ0v) is 21.0. The molecule has 2 aliphatic rings. The van der Waals surface area contributed by atoms with Crippen molar-refractivity contribution in [3.8, 4) is 16.9 Å². The first-order chi connectivity index (χ1) is 18.1. The van der Waals surface area contributed by atoms with Gasteiger partial charge in [0.15, 0.2) is 0 Å². The molecule has 7 rings (SSSR count). The summed E-state index contributed by atoms with van der Waals surface area (Å²) in [6.45, 7) is 7.84. The normalized spacial score (nSPS) is 14.9. The molecule has 184 valence electrons. The van der Waals surface area contributed by atoms with Gasteiger partial charge in [0.05, 0.1) is 29.8 Å². The van der Waals surface area contributed by atoms with Crippen LogP contribution in [0, 0.1) is 13.8 Å². The van der Waals surface area contributed by atoms with Crippen LogP contribution in [0.15, 0.2) is 67.0 Å². The minimum atomic E-state index is 0.617. The molecule has 4 heterocycles. The fourth-order valence-electron chi connectivity index (χ4n) is 5.45. The van der Waals surface area contributed by atoms with Crippen molar-refractivity contribution in [1.82, 2.24) is 19.9 Å². The molecule has 0 radical (unpaired) electrons. The van der Waals surface area contributed by atoms with E-state index in [2.05, 4.69) is 92.3 Å². The van der Waals surface area contributed by atoms with Crippen molar-refractivity contribution in [2.75, 3.05) is 23.0 Å². The van der Waals surface area contributed by atoms with Crippen molar-refractivity contribution in [2.45, 2.75) is 33.5 Å². The molecule has 0 bridgehead atoms. The van der Waals surface area contributed by atoms with Crippen molar-refractivity contribution < 1.29 is 4.74 Å². The summed E-state index contributed by atoms with van der Waals surface area (Å²) in [5.74, 6) is 2.88. The molecule has 5 aromatic rings. The van der Waals surface area contributed by atoms with Gasteiger partial charge in [-0.15, -0.1) is 0 Å². The summed E-state index contributed by atoms with van der Waals surface area (Å²) in [6.07, 6.45) is 1.71. The SMILES string of the molecule is Cc1ccc(N2Cc3ncnc(N4CCOc5ccc(-c6ccc7nc(C)[nH]c7c6)cc5C4)c3C2)cc1. The Morgan fingerprint density at radius 2 is 1.68 bits per heavy atom. The first-order valence-electron chi connectivity index (χ1n) is 12.7. The molecule has 0 saturated carbocycles. The number of aromatic nitrogens is 4. The highest BCUT2D eigenvalue weighted by molar-refractivity contribution is 5.82. The molecule has 2 aliphatic heterocycles. The van der Waals surface area contributed by atoms with E-state index in [0.717, 1.165) is 77.0 Å². The van der Waals surface area contributed by atoms with Crippen molar-refractivity contribution in [3.63, 3.8) is 0 Å². The van der Waals surface area contributed by atoms with Crippen molar-refractivity contribution >= 4 is 22.5 Å². The fraction of sp³-hybridized carbons (Fsp3) is 0.233. The van der Waals surface area contributed by atoms with E-state index < -0.39 is 0 Å². The average molecular weight is 489 g/mol. The van der Waals surface area contributed by atoms with Crippen molar-refractivity contribution in [1.29, 1.82) is 0 Å². The van der Waals surface area contributed by atoms with E-state index in [1.807, 2.05) is 6.92 Å². The highest BCUT2D eigenvalue weighted by Crippen LogP contribution is 2.35. The summed E-state index contributed by atoms with van der Waals surface area (Å²) < 4.78 is 6.17. The Bertz CT molecular complexity index is 1620. The van der Waals surface area contributed by atoms with Crippen LogP contribution in [0.1, 0.15) is 28.2 Å². The van der Waals surface area contributed by atoms with Gasteiger partial charge in [-0.05, 0) is 61.4 Å². The Balaban J connectivity index is 1.19. The number of hydrogen-bond acceptors (Lipinski definition) is 6. The van der Waals surface area contributed by atoms with Gasteiger partial charge in [0, 0.05) is 29.9 Å². The van der Waals surface area contributed by atoms with E-state index in [1.165, 1.54) is 16.8 Å². The number of nitrogens with one attached hydrogen (secondary N) is 1. The molecular weight excluding hydrogens is 460 g/mol. The number of benzene rings is 3. The smallest absolute Gasteiger partial charge is 0.137 e. The van der Waals surface area contributed by atoms with Crippen LogP contribution in [0.25, 0.3) is 22.2 Å². The first kappa shape index (κ1) is 21.9. The topological polar surface area (TPSA) is 70.2 Å². The second-order valence-corrected chi connectivity index (χ2v) is 9.96. The van der Waals surface area contributed by atoms with E-state index in [1.54, 1.807) is 6.33 Å². The predicted molar refractivity (Wildman–Crippen MR) is 146 cm³/mol. The van der Waals surface area contributed by atoms with Gasteiger partial charge in [0.25, 0.3) is 0 Å². The fourth-order valence-corrected chi connectivity index (χ4v) is 5.45. The molecule has 0 amide bonds. The summed E-state index contributed by atoms with van der Waals surface area (Å²) in [6, 6.07) is 21.6. The van der Waals surface area contributed by atoms with E-state index in [9.17, 15) is 0 Å². The standard InChI is InChI=1S/C30H28N6O/c1-19-3-7-24(8-4-19)36-16-25-28(17-36)31-18-32-30(25)35-11-12-37-29-10-6-21(13-23(29)15-35)22-5-9-26-27(14-22)34-20(2)33-26/h3-10,13-14,18H,11-12,15-17H2,1-2H3,(H,33,34). The lowest BCUT2D eigenvalue weighted by molar-refractivity contribution is 0.331. The maximum atomic E-state index is 6.17. The first-order valence-corrected chi connectivity index (χ1v) is 12.7. The minimum absolute atomic E-state index is 0.617. The second-order valence-electron chi connectivity index (χ2n) is 9.96. The molecule has 7 heteroatoms. The average Bonchev–Trinajstić information content (AvgIpc) is 3.44. The van der Waals surface area contributed by atoms with Gasteiger partial charge in [0.1, 0.15) is 30.3 Å². The molecule has 3 aromatic carbocycles. The molecule has 0 spiro atoms. The van der Waals surface area contributed by atoms with Crippen LogP contribution < -0.4 is 14.5 Å². The lowest BCUT2D eigenvalue weighted by atomic mass is 10.0. The number of hydrogen-bond donors (Lipinski definition) is 1. The summed E-state index contributed by atoms with van der Waals surface area (Å²) in [7, 11) is 0. The van der Waals surface area contributed by atoms with Crippen LogP contribution in [-0.4, -0.2) is 33.1 Å². The zero-order valence-electron chi connectivity index (χ0n) is 21.0. The van der Waals surface area contributed by atoms with E-state index in [4.69, 9.17) is 9.72 Å². The number of fused-ring (bicyclic) bond motifs is 3. The molecule has 37 heavy (non-hydrogen) atoms. The Morgan fingerprint density at radius 1 is 0.838 bits per heavy atom. The third kappa shape index (κ3) is 3.96. The van der Waals surface area contributed by atoms with Crippen molar-refractivity contribution in [3.05, 3.63) is 95.2 Å². The molecule has 0 aliphatic carbocycles. The van der Waals surface area contributed by atoms with Gasteiger partial charge in [-0.2, -0.15) is 0 Å². The number of anilines is 2. The van der Waals surface area contributed by atoms with Gasteiger partial charge in [-0.25, -0.2) is 15.0 Å². The van der Waals surface area contributed by atoms with Gasteiger partial charge >= 0.3 is 0 Å². The Kier molecular flexibility index (Phi) is 5.09. The number of nitrogens with zero attached hydrogens (tertiary/aromatic N) is 5. The third-order valence-corrected chi connectivity index (χ3v) is 7.37. The predicted octanol–water partition coefficient (Wildman–Crippen LogP) is 5.56. The van der Waals surface area contributed by atoms with Crippen molar-refractivity contribution in [2.24, 2.45) is 0 Å². The third-order valence-electron chi connectivity index (χ3n) is 7.37. The number of aromatic amines is 1. The molecule has 0 fully saturated rings. The maximum absolute atomic E-state index is 6.17. The maximum Gasteiger partial charge on any atom is 0.137 e. The number of rotatable bonds is 3. The zero-order chi connectivity index (χ0) is 24.9. The summed E-state index contributed by atoms with van der Waals surface area (Å²) in [5, 5.41) is 0. The van der Waals surface area contributed by atoms with Crippen LogP contribution in [0.5, 0.6) is 5.75 Å². The van der Waals surface area contributed by atoms with Gasteiger partial charge < -0.3 is 19.5 Å². The Morgan fingerprint density at radius 3 is 2.57 bits per heavy atom. The monoisotopic (exact) mass is 488 g/mol. The molecular formula is C30H28N6O. The number of ether oxygens (including phenoxy) is 1. The highest BCUT2D eigenvalue weighted by Gasteiger charge is 2.28. The molecule has 7 nitrogen and oxygen atoms in total. The molecule has 2 aromatic heterocycles. The van der Waals surface area contributed by atoms with Crippen LogP contribution in [0.3, 0.4) is 0 Å². The molecule has 1 N–H and O–H groups in total. The van der Waals surface area contributed by atoms with E-state index in [-0.39, 0.29) is 0 Å². The number of H-pyrrole nitrogens is 1. The quantitative estimate of drug-likeness (QED) is 0.359. The minimum Gasteiger partial charge on any atom is -0.491 e. The molecule has 0 atom stereocenters. The number of imidazole rings is 1. The highest BCUT2D eigenvalue weighted by atomic mass is 16.5. The number of aryl methyl sites for hydroxylation is 2. The largest absolute Gasteiger partial charge is 0.491 e. The Labute approximate surface area is 215 Å².